The van der Waals surface area contributed by atoms with E-state index < -0.39 is 27.8 Å². The van der Waals surface area contributed by atoms with E-state index in [9.17, 15) is 17.6 Å². The maximum absolute atomic E-state index is 13.4. The molecule has 2 N–H and O–H groups in total. The summed E-state index contributed by atoms with van der Waals surface area (Å²) in [6.45, 7) is 0. The second-order valence-electron chi connectivity index (χ2n) is 6.52. The molecule has 7 nitrogen and oxygen atoms in total. The molecule has 1 aromatic heterocycles. The van der Waals surface area contributed by atoms with Gasteiger partial charge in [0.05, 0.1) is 29.9 Å². The van der Waals surface area contributed by atoms with E-state index in [1.54, 1.807) is 12.1 Å². The molecule has 0 aliphatic rings. The lowest BCUT2D eigenvalue weighted by molar-refractivity contribution is -0.116. The molecule has 0 bridgehead atoms. The molecule has 3 aromatic rings. The summed E-state index contributed by atoms with van der Waals surface area (Å²) >= 11 is 5.83. The van der Waals surface area contributed by atoms with Crippen molar-refractivity contribution in [3.05, 3.63) is 83.3 Å². The van der Waals surface area contributed by atoms with Crippen molar-refractivity contribution in [2.24, 2.45) is 0 Å². The van der Waals surface area contributed by atoms with Crippen LogP contribution in [0.3, 0.4) is 0 Å². The van der Waals surface area contributed by atoms with E-state index in [1.807, 2.05) is 0 Å². The quantitative estimate of drug-likeness (QED) is 0.527. The number of hydrogen-bond donors (Lipinski definition) is 2. The van der Waals surface area contributed by atoms with E-state index in [-0.39, 0.29) is 11.3 Å². The number of nitrogens with zero attached hydrogens (tertiary/aromatic N) is 1. The van der Waals surface area contributed by atoms with Gasteiger partial charge in [-0.25, -0.2) is 22.5 Å². The number of ether oxygens (including phenoxy) is 1. The van der Waals surface area contributed by atoms with Gasteiger partial charge in [0, 0.05) is 17.5 Å². The molecule has 1 atom stereocenters. The summed E-state index contributed by atoms with van der Waals surface area (Å²) in [5, 5.41) is 3.04. The zero-order valence-electron chi connectivity index (χ0n) is 16.4. The number of carbonyl (C=O) groups excluding carboxylic acids is 1. The third-order valence-corrected chi connectivity index (χ3v) is 6.05. The van der Waals surface area contributed by atoms with E-state index in [0.29, 0.717) is 22.2 Å². The first kappa shape index (κ1) is 22.7. The Morgan fingerprint density at radius 1 is 1.10 bits per heavy atom. The Morgan fingerprint density at radius 2 is 1.77 bits per heavy atom. The molecule has 10 heteroatoms. The lowest BCUT2D eigenvalue weighted by Gasteiger charge is -2.19. The van der Waals surface area contributed by atoms with Gasteiger partial charge in [0.2, 0.25) is 21.8 Å². The lowest BCUT2D eigenvalue weighted by atomic mass is 10.0. The number of hydrogen-bond acceptors (Lipinski definition) is 5. The van der Waals surface area contributed by atoms with Crippen molar-refractivity contribution < 1.29 is 22.3 Å². The van der Waals surface area contributed by atoms with Gasteiger partial charge in [-0.2, -0.15) is 0 Å². The minimum absolute atomic E-state index is 0.0104. The predicted molar refractivity (Wildman–Crippen MR) is 115 cm³/mol. The van der Waals surface area contributed by atoms with Crippen LogP contribution in [-0.4, -0.2) is 26.4 Å². The molecule has 0 aliphatic heterocycles. The maximum Gasteiger partial charge on any atom is 0.241 e. The van der Waals surface area contributed by atoms with E-state index in [4.69, 9.17) is 16.3 Å². The molecular weight excluding hydrogens is 445 g/mol. The van der Waals surface area contributed by atoms with Crippen LogP contribution in [0.25, 0.3) is 0 Å². The van der Waals surface area contributed by atoms with Gasteiger partial charge in [0.1, 0.15) is 5.82 Å². The Kier molecular flexibility index (Phi) is 7.21. The fourth-order valence-electron chi connectivity index (χ4n) is 2.76. The number of pyridine rings is 1. The van der Waals surface area contributed by atoms with Crippen LogP contribution in [0.1, 0.15) is 18.0 Å². The van der Waals surface area contributed by atoms with E-state index in [0.717, 1.165) is 0 Å². The highest BCUT2D eigenvalue weighted by molar-refractivity contribution is 7.89. The highest BCUT2D eigenvalue weighted by atomic mass is 35.5. The Labute approximate surface area is 184 Å². The van der Waals surface area contributed by atoms with Crippen molar-refractivity contribution in [2.75, 3.05) is 12.4 Å². The monoisotopic (exact) mass is 463 g/mol. The van der Waals surface area contributed by atoms with Crippen LogP contribution in [-0.2, 0) is 14.8 Å². The second kappa shape index (κ2) is 9.86. The number of halogens is 2. The number of sulfonamides is 1. The van der Waals surface area contributed by atoms with Crippen molar-refractivity contribution in [2.45, 2.75) is 17.4 Å². The first-order chi connectivity index (χ1) is 14.8. The minimum atomic E-state index is -3.97. The van der Waals surface area contributed by atoms with Crippen LogP contribution in [0, 0.1) is 5.82 Å². The number of methoxy groups -OCH3 is 1. The standard InChI is InChI=1S/C21H19ClFN3O4S/c1-30-21-11-8-17(13-24-21)25-20(27)12-19(14-2-6-16(23)7-3-14)26-31(28,29)18-9-4-15(22)5-10-18/h2-11,13,19,26H,12H2,1H3,(H,25,27)/t19-/m1/s1. The van der Waals surface area contributed by atoms with Crippen LogP contribution < -0.4 is 14.8 Å². The Balaban J connectivity index is 1.81. The highest BCUT2D eigenvalue weighted by Gasteiger charge is 2.24. The summed E-state index contributed by atoms with van der Waals surface area (Å²) in [5.74, 6) is -0.546. The fourth-order valence-corrected chi connectivity index (χ4v) is 4.11. The van der Waals surface area contributed by atoms with Gasteiger partial charge in [0.25, 0.3) is 0 Å². The summed E-state index contributed by atoms with van der Waals surface area (Å²) in [6.07, 6.45) is 1.19. The smallest absolute Gasteiger partial charge is 0.241 e. The summed E-state index contributed by atoms with van der Waals surface area (Å²) in [6, 6.07) is 13.1. The van der Waals surface area contributed by atoms with Gasteiger partial charge in [-0.05, 0) is 48.0 Å². The first-order valence-electron chi connectivity index (χ1n) is 9.10. The van der Waals surface area contributed by atoms with Crippen LogP contribution in [0.2, 0.25) is 5.02 Å². The van der Waals surface area contributed by atoms with Crippen molar-refractivity contribution in [3.63, 3.8) is 0 Å². The first-order valence-corrected chi connectivity index (χ1v) is 11.0. The number of benzene rings is 2. The van der Waals surface area contributed by atoms with Crippen molar-refractivity contribution in [1.82, 2.24) is 9.71 Å². The minimum Gasteiger partial charge on any atom is -0.481 e. The molecule has 1 heterocycles. The number of aromatic nitrogens is 1. The van der Waals surface area contributed by atoms with E-state index in [2.05, 4.69) is 15.0 Å². The van der Waals surface area contributed by atoms with Gasteiger partial charge in [0.15, 0.2) is 0 Å². The Morgan fingerprint density at radius 3 is 2.35 bits per heavy atom. The number of rotatable bonds is 8. The van der Waals surface area contributed by atoms with Crippen molar-refractivity contribution in [3.8, 4) is 5.88 Å². The van der Waals surface area contributed by atoms with E-state index >= 15 is 0 Å². The predicted octanol–water partition coefficient (Wildman–Crippen LogP) is 3.93. The molecular formula is C21H19ClFN3O4S. The second-order valence-corrected chi connectivity index (χ2v) is 8.67. The number of anilines is 1. The number of nitrogens with one attached hydrogen (secondary N) is 2. The molecule has 0 aliphatic carbocycles. The summed E-state index contributed by atoms with van der Waals surface area (Å²) in [5.41, 5.74) is 0.853. The van der Waals surface area contributed by atoms with Gasteiger partial charge in [-0.15, -0.1) is 0 Å². The van der Waals surface area contributed by atoms with Gasteiger partial charge >= 0.3 is 0 Å². The Hall–Kier alpha value is -3.01. The van der Waals surface area contributed by atoms with Crippen LogP contribution >= 0.6 is 11.6 Å². The maximum atomic E-state index is 13.4. The topological polar surface area (TPSA) is 97.4 Å². The molecule has 0 spiro atoms. The molecule has 0 unspecified atom stereocenters. The fraction of sp³-hybridized carbons (Fsp3) is 0.143. The molecule has 0 saturated heterocycles. The average molecular weight is 464 g/mol. The summed E-state index contributed by atoms with van der Waals surface area (Å²) < 4.78 is 46.5. The zero-order valence-corrected chi connectivity index (χ0v) is 18.0. The molecule has 1 amide bonds. The molecule has 31 heavy (non-hydrogen) atoms. The molecule has 2 aromatic carbocycles. The van der Waals surface area contributed by atoms with Crippen LogP contribution in [0.15, 0.2) is 71.8 Å². The van der Waals surface area contributed by atoms with Crippen LogP contribution in [0.5, 0.6) is 5.88 Å². The van der Waals surface area contributed by atoms with Gasteiger partial charge in [-0.3, -0.25) is 4.79 Å². The number of carbonyl (C=O) groups is 1. The third-order valence-electron chi connectivity index (χ3n) is 4.31. The summed E-state index contributed by atoms with van der Waals surface area (Å²) in [4.78, 5) is 16.6. The molecule has 162 valence electrons. The third kappa shape index (κ3) is 6.24. The largest absolute Gasteiger partial charge is 0.481 e. The normalized spacial score (nSPS) is 12.2. The molecule has 0 fully saturated rings. The van der Waals surface area contributed by atoms with Gasteiger partial charge < -0.3 is 10.1 Å². The number of amides is 1. The molecule has 3 rings (SSSR count). The van der Waals surface area contributed by atoms with Gasteiger partial charge in [-0.1, -0.05) is 23.7 Å². The summed E-state index contributed by atoms with van der Waals surface area (Å²) in [7, 11) is -2.50. The molecule has 0 saturated carbocycles. The Bertz CT molecular complexity index is 1140. The van der Waals surface area contributed by atoms with Crippen molar-refractivity contribution >= 4 is 33.2 Å². The zero-order chi connectivity index (χ0) is 22.4. The van der Waals surface area contributed by atoms with Crippen LogP contribution in [0.4, 0.5) is 10.1 Å². The molecule has 0 radical (unpaired) electrons. The van der Waals surface area contributed by atoms with E-state index in [1.165, 1.54) is 61.8 Å². The highest BCUT2D eigenvalue weighted by Crippen LogP contribution is 2.23. The van der Waals surface area contributed by atoms with Crippen molar-refractivity contribution in [1.29, 1.82) is 0 Å². The lowest BCUT2D eigenvalue weighted by Crippen LogP contribution is -2.31. The average Bonchev–Trinajstić information content (AvgIpc) is 2.74. The SMILES string of the molecule is COc1ccc(NC(=O)C[C@@H](NS(=O)(=O)c2ccc(Cl)cc2)c2ccc(F)cc2)cn1.